The van der Waals surface area contributed by atoms with E-state index >= 15 is 0 Å². The zero-order valence-corrected chi connectivity index (χ0v) is 22.1. The minimum absolute atomic E-state index is 0.00383. The molecule has 0 bridgehead atoms. The standard InChI is InChI=1S/C28H30BrNO5/c1-18(29)20-12-14-25(34-17-33-5)23(15-20)26(31)30-24-16-21(19-9-7-6-8-10-19)11-13-22(24)27(32)35-28(2,3)4/h6-16,18H,17H2,1-5H3,(H,30,31). The molecule has 0 fully saturated rings. The Hall–Kier alpha value is -3.16. The van der Waals surface area contributed by atoms with Crippen molar-refractivity contribution in [2.45, 2.75) is 38.1 Å². The van der Waals surface area contributed by atoms with Crippen LogP contribution in [0.25, 0.3) is 11.1 Å². The first-order chi connectivity index (χ1) is 16.6. The van der Waals surface area contributed by atoms with Gasteiger partial charge in [0.15, 0.2) is 6.79 Å². The van der Waals surface area contributed by atoms with Gasteiger partial charge in [-0.05, 0) is 68.7 Å². The minimum Gasteiger partial charge on any atom is -0.467 e. The Kier molecular flexibility index (Phi) is 8.70. The predicted octanol–water partition coefficient (Wildman–Crippen LogP) is 7.00. The number of rotatable bonds is 8. The molecule has 0 saturated carbocycles. The molecule has 7 heteroatoms. The Bertz CT molecular complexity index is 1190. The molecule has 0 aliphatic heterocycles. The number of carbonyl (C=O) groups excluding carboxylic acids is 2. The van der Waals surface area contributed by atoms with Crippen LogP contribution in [-0.2, 0) is 9.47 Å². The fourth-order valence-electron chi connectivity index (χ4n) is 3.38. The van der Waals surface area contributed by atoms with Crippen LogP contribution in [-0.4, -0.2) is 31.4 Å². The van der Waals surface area contributed by atoms with Crippen molar-refractivity contribution in [1.29, 1.82) is 0 Å². The van der Waals surface area contributed by atoms with Crippen LogP contribution >= 0.6 is 15.9 Å². The first-order valence-corrected chi connectivity index (χ1v) is 12.1. The van der Waals surface area contributed by atoms with E-state index < -0.39 is 17.5 Å². The summed E-state index contributed by atoms with van der Waals surface area (Å²) in [5.41, 5.74) is 2.97. The average Bonchev–Trinajstić information content (AvgIpc) is 2.81. The molecule has 1 amide bonds. The molecular weight excluding hydrogens is 510 g/mol. The highest BCUT2D eigenvalue weighted by Gasteiger charge is 2.23. The van der Waals surface area contributed by atoms with Crippen molar-refractivity contribution in [3.8, 4) is 16.9 Å². The molecule has 6 nitrogen and oxygen atoms in total. The number of esters is 1. The Balaban J connectivity index is 2.04. The Labute approximate surface area is 214 Å². The minimum atomic E-state index is -0.683. The van der Waals surface area contributed by atoms with Gasteiger partial charge in [-0.3, -0.25) is 4.79 Å². The molecule has 0 spiro atoms. The first kappa shape index (κ1) is 26.4. The number of amides is 1. The molecule has 184 valence electrons. The number of carbonyl (C=O) groups is 2. The summed E-state index contributed by atoms with van der Waals surface area (Å²) in [5.74, 6) is -0.563. The van der Waals surface area contributed by atoms with Crippen molar-refractivity contribution in [1.82, 2.24) is 0 Å². The molecular formula is C28H30BrNO5. The highest BCUT2D eigenvalue weighted by molar-refractivity contribution is 9.09. The van der Waals surface area contributed by atoms with Gasteiger partial charge < -0.3 is 19.5 Å². The zero-order chi connectivity index (χ0) is 25.6. The quantitative estimate of drug-likeness (QED) is 0.189. The molecule has 0 heterocycles. The third-order valence-electron chi connectivity index (χ3n) is 5.03. The summed E-state index contributed by atoms with van der Waals surface area (Å²) in [6, 6.07) is 20.4. The largest absolute Gasteiger partial charge is 0.467 e. The van der Waals surface area contributed by atoms with E-state index in [0.29, 0.717) is 17.0 Å². The van der Waals surface area contributed by atoms with E-state index in [-0.39, 0.29) is 17.2 Å². The van der Waals surface area contributed by atoms with E-state index in [9.17, 15) is 9.59 Å². The van der Waals surface area contributed by atoms with Gasteiger partial charge in [-0.15, -0.1) is 0 Å². The predicted molar refractivity (Wildman–Crippen MR) is 141 cm³/mol. The van der Waals surface area contributed by atoms with Crippen LogP contribution in [0.5, 0.6) is 5.75 Å². The summed E-state index contributed by atoms with van der Waals surface area (Å²) in [4.78, 5) is 26.5. The first-order valence-electron chi connectivity index (χ1n) is 11.2. The Morgan fingerprint density at radius 1 is 0.943 bits per heavy atom. The van der Waals surface area contributed by atoms with Gasteiger partial charge in [0, 0.05) is 11.9 Å². The smallest absolute Gasteiger partial charge is 0.340 e. The van der Waals surface area contributed by atoms with Gasteiger partial charge in [0.25, 0.3) is 5.91 Å². The fraction of sp³-hybridized carbons (Fsp3) is 0.286. The van der Waals surface area contributed by atoms with Crippen LogP contribution in [0.3, 0.4) is 0 Å². The van der Waals surface area contributed by atoms with Crippen molar-refractivity contribution < 1.29 is 23.8 Å². The third-order valence-corrected chi connectivity index (χ3v) is 5.56. The number of hydrogen-bond donors (Lipinski definition) is 1. The summed E-state index contributed by atoms with van der Waals surface area (Å²) in [6.45, 7) is 7.36. The maximum Gasteiger partial charge on any atom is 0.340 e. The highest BCUT2D eigenvalue weighted by Crippen LogP contribution is 2.31. The van der Waals surface area contributed by atoms with Crippen molar-refractivity contribution in [3.05, 3.63) is 83.4 Å². The van der Waals surface area contributed by atoms with Gasteiger partial charge in [-0.1, -0.05) is 58.4 Å². The molecule has 1 N–H and O–H groups in total. The normalized spacial score (nSPS) is 12.1. The van der Waals surface area contributed by atoms with E-state index in [4.69, 9.17) is 14.2 Å². The van der Waals surface area contributed by atoms with Crippen molar-refractivity contribution in [3.63, 3.8) is 0 Å². The van der Waals surface area contributed by atoms with Gasteiger partial charge >= 0.3 is 5.97 Å². The van der Waals surface area contributed by atoms with E-state index in [1.54, 1.807) is 45.0 Å². The summed E-state index contributed by atoms with van der Waals surface area (Å²) in [7, 11) is 1.51. The van der Waals surface area contributed by atoms with Crippen LogP contribution in [0.15, 0.2) is 66.7 Å². The van der Waals surface area contributed by atoms with Gasteiger partial charge in [-0.2, -0.15) is 0 Å². The second-order valence-electron chi connectivity index (χ2n) is 9.00. The topological polar surface area (TPSA) is 73.9 Å². The number of ether oxygens (including phenoxy) is 3. The summed E-state index contributed by atoms with van der Waals surface area (Å²) in [5, 5.41) is 2.91. The fourth-order valence-corrected chi connectivity index (χ4v) is 3.66. The Morgan fingerprint density at radius 3 is 2.29 bits per heavy atom. The summed E-state index contributed by atoms with van der Waals surface area (Å²) >= 11 is 3.55. The Morgan fingerprint density at radius 2 is 1.66 bits per heavy atom. The lowest BCUT2D eigenvalue weighted by Gasteiger charge is -2.21. The monoisotopic (exact) mass is 539 g/mol. The molecule has 0 aliphatic rings. The molecule has 0 aromatic heterocycles. The van der Waals surface area contributed by atoms with Crippen molar-refractivity contribution in [2.24, 2.45) is 0 Å². The number of hydrogen-bond acceptors (Lipinski definition) is 5. The lowest BCUT2D eigenvalue weighted by molar-refractivity contribution is 0.00707. The number of halogens is 1. The van der Waals surface area contributed by atoms with Crippen molar-refractivity contribution >= 4 is 33.5 Å². The summed E-state index contributed by atoms with van der Waals surface area (Å²) in [6.07, 6.45) is 0. The average molecular weight is 540 g/mol. The van der Waals surface area contributed by atoms with E-state index in [2.05, 4.69) is 21.2 Å². The highest BCUT2D eigenvalue weighted by atomic mass is 79.9. The number of methoxy groups -OCH3 is 1. The molecule has 3 aromatic carbocycles. The molecule has 3 aromatic rings. The van der Waals surface area contributed by atoms with Crippen LogP contribution in [0.2, 0.25) is 0 Å². The molecule has 1 unspecified atom stereocenters. The SMILES string of the molecule is COCOc1ccc(C(C)Br)cc1C(=O)Nc1cc(-c2ccccc2)ccc1C(=O)OC(C)(C)C. The van der Waals surface area contributed by atoms with Crippen LogP contribution in [0.4, 0.5) is 5.69 Å². The molecule has 3 rings (SSSR count). The lowest BCUT2D eigenvalue weighted by Crippen LogP contribution is -2.25. The molecule has 0 saturated heterocycles. The van der Waals surface area contributed by atoms with Crippen LogP contribution < -0.4 is 10.1 Å². The molecule has 0 aliphatic carbocycles. The second kappa shape index (κ2) is 11.5. The number of nitrogens with one attached hydrogen (secondary N) is 1. The van der Waals surface area contributed by atoms with E-state index in [0.717, 1.165) is 16.7 Å². The molecule has 1 atom stereocenters. The number of alkyl halides is 1. The van der Waals surface area contributed by atoms with Gasteiger partial charge in [0.05, 0.1) is 16.8 Å². The maximum atomic E-state index is 13.5. The molecule has 0 radical (unpaired) electrons. The number of anilines is 1. The summed E-state index contributed by atoms with van der Waals surface area (Å²) < 4.78 is 16.2. The van der Waals surface area contributed by atoms with E-state index in [1.165, 1.54) is 7.11 Å². The maximum absolute atomic E-state index is 13.5. The van der Waals surface area contributed by atoms with Gasteiger partial charge in [-0.25, -0.2) is 4.79 Å². The van der Waals surface area contributed by atoms with Gasteiger partial charge in [0.2, 0.25) is 0 Å². The van der Waals surface area contributed by atoms with E-state index in [1.807, 2.05) is 49.4 Å². The zero-order valence-electron chi connectivity index (χ0n) is 20.6. The van der Waals surface area contributed by atoms with Crippen LogP contribution in [0.1, 0.15) is 58.8 Å². The number of benzene rings is 3. The lowest BCUT2D eigenvalue weighted by atomic mass is 10.0. The van der Waals surface area contributed by atoms with Crippen LogP contribution in [0, 0.1) is 0 Å². The second-order valence-corrected chi connectivity index (χ2v) is 10.4. The molecule has 35 heavy (non-hydrogen) atoms. The van der Waals surface area contributed by atoms with Crippen molar-refractivity contribution in [2.75, 3.05) is 19.2 Å². The van der Waals surface area contributed by atoms with Gasteiger partial charge in [0.1, 0.15) is 11.4 Å². The third kappa shape index (κ3) is 7.16.